The lowest BCUT2D eigenvalue weighted by atomic mass is 10.0. The summed E-state index contributed by atoms with van der Waals surface area (Å²) in [5.41, 5.74) is 2.59. The first-order valence-corrected chi connectivity index (χ1v) is 9.90. The van der Waals surface area contributed by atoms with Gasteiger partial charge < -0.3 is 0 Å². The summed E-state index contributed by atoms with van der Waals surface area (Å²) in [5, 5.41) is 9.86. The molecule has 0 fully saturated rings. The molecule has 134 valence electrons. The lowest BCUT2D eigenvalue weighted by Crippen LogP contribution is -2.12. The van der Waals surface area contributed by atoms with Gasteiger partial charge in [0, 0.05) is 16.5 Å². The van der Waals surface area contributed by atoms with Crippen LogP contribution < -0.4 is 5.32 Å². The number of carbonyl (C=O) groups excluding carboxylic acids is 1. The third kappa shape index (κ3) is 2.94. The number of aromatic nitrogens is 1. The van der Waals surface area contributed by atoms with Gasteiger partial charge >= 0.3 is 0 Å². The number of benzene rings is 4. The van der Waals surface area contributed by atoms with Crippen molar-refractivity contribution >= 4 is 43.9 Å². The van der Waals surface area contributed by atoms with E-state index in [1.54, 1.807) is 0 Å². The fraction of sp³-hybridized carbons (Fsp3) is 0. The Labute approximate surface area is 166 Å². The van der Waals surface area contributed by atoms with Gasteiger partial charge in [-0.2, -0.15) is 0 Å². The highest BCUT2D eigenvalue weighted by molar-refractivity contribution is 7.14. The number of thiazole rings is 1. The molecule has 3 nitrogen and oxygen atoms in total. The molecule has 1 amide bonds. The van der Waals surface area contributed by atoms with Crippen LogP contribution in [0.25, 0.3) is 32.8 Å². The standard InChI is InChI=1S/C24H16N2OS/c27-23(21-14-6-10-17-8-2-4-12-19(17)21)26-24-25-22(15-28-24)20-13-5-9-16-7-1-3-11-18(16)20/h1-15H,(H,25,26,27). The van der Waals surface area contributed by atoms with E-state index in [4.69, 9.17) is 0 Å². The van der Waals surface area contributed by atoms with Gasteiger partial charge in [-0.1, -0.05) is 78.9 Å². The number of amides is 1. The van der Waals surface area contributed by atoms with Gasteiger partial charge in [-0.3, -0.25) is 10.1 Å². The molecule has 0 spiro atoms. The highest BCUT2D eigenvalue weighted by Crippen LogP contribution is 2.31. The first kappa shape index (κ1) is 16.7. The van der Waals surface area contributed by atoms with Crippen molar-refractivity contribution in [3.05, 3.63) is 95.9 Å². The molecule has 4 aromatic carbocycles. The number of nitrogens with one attached hydrogen (secondary N) is 1. The lowest BCUT2D eigenvalue weighted by molar-refractivity contribution is 0.102. The number of anilines is 1. The van der Waals surface area contributed by atoms with Crippen LogP contribution in [-0.4, -0.2) is 10.9 Å². The molecule has 0 saturated carbocycles. The second kappa shape index (κ2) is 6.91. The van der Waals surface area contributed by atoms with Gasteiger partial charge in [0.15, 0.2) is 5.13 Å². The van der Waals surface area contributed by atoms with Crippen molar-refractivity contribution in [3.8, 4) is 11.3 Å². The molecule has 1 N–H and O–H groups in total. The molecule has 5 rings (SSSR count). The Morgan fingerprint density at radius 2 is 1.39 bits per heavy atom. The number of hydrogen-bond donors (Lipinski definition) is 1. The Hall–Kier alpha value is -3.50. The minimum atomic E-state index is -0.143. The maximum absolute atomic E-state index is 12.8. The molecule has 0 atom stereocenters. The molecule has 5 aromatic rings. The molecule has 28 heavy (non-hydrogen) atoms. The molecule has 1 aromatic heterocycles. The third-order valence-electron chi connectivity index (χ3n) is 4.82. The van der Waals surface area contributed by atoms with Crippen LogP contribution in [0.4, 0.5) is 5.13 Å². The van der Waals surface area contributed by atoms with Gasteiger partial charge in [-0.15, -0.1) is 11.3 Å². The number of rotatable bonds is 3. The van der Waals surface area contributed by atoms with E-state index in [0.717, 1.165) is 27.4 Å². The number of hydrogen-bond acceptors (Lipinski definition) is 3. The first-order valence-electron chi connectivity index (χ1n) is 9.02. The van der Waals surface area contributed by atoms with Gasteiger partial charge in [0.1, 0.15) is 0 Å². The van der Waals surface area contributed by atoms with Gasteiger partial charge in [0.2, 0.25) is 0 Å². The van der Waals surface area contributed by atoms with Crippen molar-refractivity contribution in [1.29, 1.82) is 0 Å². The van der Waals surface area contributed by atoms with E-state index in [2.05, 4.69) is 34.6 Å². The van der Waals surface area contributed by atoms with E-state index in [0.29, 0.717) is 10.7 Å². The van der Waals surface area contributed by atoms with Gasteiger partial charge in [0.25, 0.3) is 5.91 Å². The van der Waals surface area contributed by atoms with Crippen LogP contribution >= 0.6 is 11.3 Å². The summed E-state index contributed by atoms with van der Waals surface area (Å²) in [5.74, 6) is -0.143. The lowest BCUT2D eigenvalue weighted by Gasteiger charge is -2.06. The Bertz CT molecular complexity index is 1310. The zero-order chi connectivity index (χ0) is 18.9. The molecular formula is C24H16N2OS. The fourth-order valence-electron chi connectivity index (χ4n) is 3.49. The monoisotopic (exact) mass is 380 g/mol. The highest BCUT2D eigenvalue weighted by atomic mass is 32.1. The predicted molar refractivity (Wildman–Crippen MR) is 117 cm³/mol. The molecular weight excluding hydrogens is 364 g/mol. The maximum atomic E-state index is 12.8. The van der Waals surface area contributed by atoms with Crippen LogP contribution in [0.15, 0.2) is 90.3 Å². The molecule has 0 unspecified atom stereocenters. The molecule has 4 heteroatoms. The minimum absolute atomic E-state index is 0.143. The minimum Gasteiger partial charge on any atom is -0.298 e. The molecule has 0 aliphatic heterocycles. The van der Waals surface area contributed by atoms with E-state index in [9.17, 15) is 4.79 Å². The summed E-state index contributed by atoms with van der Waals surface area (Å²) in [6, 6.07) is 28.1. The van der Waals surface area contributed by atoms with E-state index in [1.807, 2.05) is 66.0 Å². The van der Waals surface area contributed by atoms with Crippen LogP contribution in [0, 0.1) is 0 Å². The van der Waals surface area contributed by atoms with E-state index in [-0.39, 0.29) is 5.91 Å². The maximum Gasteiger partial charge on any atom is 0.258 e. The summed E-state index contributed by atoms with van der Waals surface area (Å²) in [6.45, 7) is 0. The van der Waals surface area contributed by atoms with E-state index < -0.39 is 0 Å². The van der Waals surface area contributed by atoms with Gasteiger partial charge in [-0.25, -0.2) is 4.98 Å². The van der Waals surface area contributed by atoms with Gasteiger partial charge in [-0.05, 0) is 27.6 Å². The zero-order valence-corrected chi connectivity index (χ0v) is 15.7. The summed E-state index contributed by atoms with van der Waals surface area (Å²) in [4.78, 5) is 17.5. The predicted octanol–water partition coefficient (Wildman–Crippen LogP) is 6.37. The Morgan fingerprint density at radius 3 is 2.21 bits per heavy atom. The van der Waals surface area contributed by atoms with Crippen molar-refractivity contribution in [2.45, 2.75) is 0 Å². The molecule has 0 aliphatic rings. The van der Waals surface area contributed by atoms with Crippen LogP contribution in [0.3, 0.4) is 0 Å². The highest BCUT2D eigenvalue weighted by Gasteiger charge is 2.13. The topological polar surface area (TPSA) is 42.0 Å². The molecule has 0 aliphatic carbocycles. The third-order valence-corrected chi connectivity index (χ3v) is 5.58. The van der Waals surface area contributed by atoms with Crippen molar-refractivity contribution in [1.82, 2.24) is 4.98 Å². The Kier molecular flexibility index (Phi) is 4.11. The number of nitrogens with zero attached hydrogens (tertiary/aromatic N) is 1. The van der Waals surface area contributed by atoms with E-state index in [1.165, 1.54) is 16.7 Å². The van der Waals surface area contributed by atoms with Crippen LogP contribution in [0.2, 0.25) is 0 Å². The van der Waals surface area contributed by atoms with Crippen molar-refractivity contribution in [3.63, 3.8) is 0 Å². The normalized spacial score (nSPS) is 11.0. The first-order chi connectivity index (χ1) is 13.8. The average molecular weight is 380 g/mol. The Balaban J connectivity index is 1.47. The molecule has 1 heterocycles. The fourth-order valence-corrected chi connectivity index (χ4v) is 4.20. The molecule has 0 radical (unpaired) electrons. The SMILES string of the molecule is O=C(Nc1nc(-c2cccc3ccccc23)cs1)c1cccc2ccccc12. The quantitative estimate of drug-likeness (QED) is 0.395. The summed E-state index contributed by atoms with van der Waals surface area (Å²) < 4.78 is 0. The molecule has 0 bridgehead atoms. The van der Waals surface area contributed by atoms with E-state index >= 15 is 0 Å². The Morgan fingerprint density at radius 1 is 0.750 bits per heavy atom. The second-order valence-electron chi connectivity index (χ2n) is 6.55. The summed E-state index contributed by atoms with van der Waals surface area (Å²) >= 11 is 1.44. The van der Waals surface area contributed by atoms with Crippen molar-refractivity contribution in [2.75, 3.05) is 5.32 Å². The summed E-state index contributed by atoms with van der Waals surface area (Å²) in [6.07, 6.45) is 0. The smallest absolute Gasteiger partial charge is 0.258 e. The average Bonchev–Trinajstić information content (AvgIpc) is 3.21. The molecule has 0 saturated heterocycles. The van der Waals surface area contributed by atoms with Crippen molar-refractivity contribution < 1.29 is 4.79 Å². The zero-order valence-electron chi connectivity index (χ0n) is 14.9. The number of carbonyl (C=O) groups is 1. The second-order valence-corrected chi connectivity index (χ2v) is 7.40. The van der Waals surface area contributed by atoms with Crippen LogP contribution in [0.5, 0.6) is 0 Å². The number of fused-ring (bicyclic) bond motifs is 2. The van der Waals surface area contributed by atoms with Gasteiger partial charge in [0.05, 0.1) is 5.69 Å². The van der Waals surface area contributed by atoms with Crippen molar-refractivity contribution in [2.24, 2.45) is 0 Å². The summed E-state index contributed by atoms with van der Waals surface area (Å²) in [7, 11) is 0. The van der Waals surface area contributed by atoms with Crippen LogP contribution in [0.1, 0.15) is 10.4 Å². The van der Waals surface area contributed by atoms with Crippen LogP contribution in [-0.2, 0) is 0 Å². The largest absolute Gasteiger partial charge is 0.298 e.